The monoisotopic (exact) mass is 433 g/mol. The number of aromatic nitrogens is 4. The molecule has 0 aliphatic rings. The number of pyridine rings is 1. The molecular weight excluding hydrogens is 418 g/mol. The molecule has 0 radical (unpaired) electrons. The van der Waals surface area contributed by atoms with E-state index in [9.17, 15) is 0 Å². The van der Waals surface area contributed by atoms with Crippen molar-refractivity contribution in [3.05, 3.63) is 90.0 Å². The maximum absolute atomic E-state index is 8.99. The van der Waals surface area contributed by atoms with Crippen LogP contribution in [-0.2, 0) is 6.42 Å². The van der Waals surface area contributed by atoms with Crippen molar-refractivity contribution >= 4 is 44.4 Å². The van der Waals surface area contributed by atoms with Crippen LogP contribution < -0.4 is 0 Å². The number of hydrogen-bond acceptors (Lipinski definition) is 3. The van der Waals surface area contributed by atoms with E-state index < -0.39 is 0 Å². The Morgan fingerprint density at radius 2 is 1.81 bits per heavy atom. The van der Waals surface area contributed by atoms with Gasteiger partial charge in [0.25, 0.3) is 0 Å². The van der Waals surface area contributed by atoms with Crippen LogP contribution in [0.3, 0.4) is 0 Å². The van der Waals surface area contributed by atoms with E-state index >= 15 is 0 Å². The largest absolute Gasteiger partial charge is 0.361 e. The molecule has 0 aliphatic carbocycles. The summed E-state index contributed by atoms with van der Waals surface area (Å²) in [5.74, 6) is 0. The number of imidazole rings is 1. The number of nitrogens with zero attached hydrogens (tertiary/aromatic N) is 4. The zero-order valence-electron chi connectivity index (χ0n) is 16.9. The number of nitrogens with one attached hydrogen (secondary N) is 1. The van der Waals surface area contributed by atoms with E-state index in [1.807, 2.05) is 35.0 Å². The number of rotatable bonds is 3. The third-order valence-electron chi connectivity index (χ3n) is 5.84. The lowest BCUT2D eigenvalue weighted by Crippen LogP contribution is -1.95. The molecule has 0 atom stereocenters. The summed E-state index contributed by atoms with van der Waals surface area (Å²) in [6.07, 6.45) is 5.82. The molecule has 0 saturated carbocycles. The molecular formula is C26H16ClN5. The van der Waals surface area contributed by atoms with Gasteiger partial charge in [0.2, 0.25) is 0 Å². The second kappa shape index (κ2) is 7.23. The fourth-order valence-corrected chi connectivity index (χ4v) is 4.46. The fourth-order valence-electron chi connectivity index (χ4n) is 4.22. The molecule has 3 heterocycles. The summed E-state index contributed by atoms with van der Waals surface area (Å²) in [6.45, 7) is 0. The van der Waals surface area contributed by atoms with Gasteiger partial charge >= 0.3 is 0 Å². The number of benzene rings is 3. The normalized spacial score (nSPS) is 11.4. The first-order valence-electron chi connectivity index (χ1n) is 10.2. The zero-order chi connectivity index (χ0) is 21.7. The number of nitriles is 1. The van der Waals surface area contributed by atoms with E-state index in [0.29, 0.717) is 5.02 Å². The van der Waals surface area contributed by atoms with Gasteiger partial charge in [-0.15, -0.1) is 0 Å². The smallest absolute Gasteiger partial charge is 0.108 e. The summed E-state index contributed by atoms with van der Waals surface area (Å²) in [5.41, 5.74) is 7.78. The van der Waals surface area contributed by atoms with Gasteiger partial charge in [-0.3, -0.25) is 9.55 Å². The van der Waals surface area contributed by atoms with Crippen LogP contribution in [0.4, 0.5) is 0 Å². The van der Waals surface area contributed by atoms with Gasteiger partial charge in [-0.25, -0.2) is 4.98 Å². The van der Waals surface area contributed by atoms with Gasteiger partial charge in [-0.2, -0.15) is 5.26 Å². The third-order valence-corrected chi connectivity index (χ3v) is 6.20. The summed E-state index contributed by atoms with van der Waals surface area (Å²) in [7, 11) is 0. The Hall–Kier alpha value is -4.14. The molecule has 6 rings (SSSR count). The minimum absolute atomic E-state index is 0.283. The van der Waals surface area contributed by atoms with Gasteiger partial charge in [0.1, 0.15) is 11.8 Å². The van der Waals surface area contributed by atoms with Crippen LogP contribution >= 0.6 is 11.6 Å². The van der Waals surface area contributed by atoms with E-state index in [2.05, 4.69) is 57.4 Å². The average Bonchev–Trinajstić information content (AvgIpc) is 3.47. The number of aromatic amines is 1. The van der Waals surface area contributed by atoms with Crippen molar-refractivity contribution in [1.82, 2.24) is 19.5 Å². The molecule has 0 fully saturated rings. The first kappa shape index (κ1) is 18.6. The second-order valence-electron chi connectivity index (χ2n) is 7.73. The van der Waals surface area contributed by atoms with Crippen LogP contribution in [0, 0.1) is 11.3 Å². The minimum Gasteiger partial charge on any atom is -0.361 e. The van der Waals surface area contributed by atoms with Crippen molar-refractivity contribution in [3.8, 4) is 22.9 Å². The number of fused-ring (bicyclic) bond motifs is 4. The van der Waals surface area contributed by atoms with Gasteiger partial charge < -0.3 is 4.98 Å². The van der Waals surface area contributed by atoms with Crippen molar-refractivity contribution in [2.75, 3.05) is 0 Å². The predicted molar refractivity (Wildman–Crippen MR) is 128 cm³/mol. The molecule has 32 heavy (non-hydrogen) atoms. The molecule has 0 aliphatic heterocycles. The van der Waals surface area contributed by atoms with Crippen LogP contribution in [0.15, 0.2) is 79.4 Å². The highest BCUT2D eigenvalue weighted by Crippen LogP contribution is 2.32. The number of hydrogen-bond donors (Lipinski definition) is 1. The van der Waals surface area contributed by atoms with E-state index in [0.717, 1.165) is 49.8 Å². The second-order valence-corrected chi connectivity index (χ2v) is 8.14. The summed E-state index contributed by atoms with van der Waals surface area (Å²) in [6, 6.07) is 22.7. The van der Waals surface area contributed by atoms with Crippen LogP contribution in [0.5, 0.6) is 0 Å². The lowest BCUT2D eigenvalue weighted by Gasteiger charge is -2.10. The van der Waals surface area contributed by atoms with Gasteiger partial charge in [-0.05, 0) is 64.5 Å². The standard InChI is InChI=1S/C26H16ClN5/c27-22-13-20(4-1-16(22)7-9-28)32-15-31-25-14-30-24-6-3-18(12-21(24)26(25)32)17-2-5-23-19(11-17)8-10-29-23/h1-6,8,10-15,29H,7H2. The fraction of sp³-hybridized carbons (Fsp3) is 0.0385. The molecule has 0 bridgehead atoms. The van der Waals surface area contributed by atoms with Crippen LogP contribution in [0.25, 0.3) is 49.7 Å². The van der Waals surface area contributed by atoms with Crippen LogP contribution in [0.2, 0.25) is 5.02 Å². The molecule has 6 aromatic rings. The molecule has 0 unspecified atom stereocenters. The molecule has 152 valence electrons. The van der Waals surface area contributed by atoms with E-state index in [1.165, 1.54) is 5.39 Å². The highest BCUT2D eigenvalue weighted by Gasteiger charge is 2.13. The summed E-state index contributed by atoms with van der Waals surface area (Å²) in [5, 5.41) is 11.8. The highest BCUT2D eigenvalue weighted by molar-refractivity contribution is 6.31. The average molecular weight is 434 g/mol. The van der Waals surface area contributed by atoms with Crippen molar-refractivity contribution in [2.24, 2.45) is 0 Å². The predicted octanol–water partition coefficient (Wildman–Crippen LogP) is 6.44. The molecule has 0 saturated heterocycles. The summed E-state index contributed by atoms with van der Waals surface area (Å²) < 4.78 is 2.03. The van der Waals surface area contributed by atoms with Crippen LogP contribution in [0.1, 0.15) is 5.56 Å². The summed E-state index contributed by atoms with van der Waals surface area (Å²) in [4.78, 5) is 12.4. The van der Waals surface area contributed by atoms with Gasteiger partial charge in [-0.1, -0.05) is 29.8 Å². The number of halogens is 1. The van der Waals surface area contributed by atoms with Crippen molar-refractivity contribution in [3.63, 3.8) is 0 Å². The molecule has 3 aromatic carbocycles. The molecule has 0 spiro atoms. The third kappa shape index (κ3) is 2.93. The topological polar surface area (TPSA) is 70.3 Å². The van der Waals surface area contributed by atoms with Gasteiger partial charge in [0.05, 0.1) is 29.7 Å². The van der Waals surface area contributed by atoms with Gasteiger partial charge in [0.15, 0.2) is 0 Å². The van der Waals surface area contributed by atoms with E-state index in [-0.39, 0.29) is 6.42 Å². The Morgan fingerprint density at radius 1 is 0.938 bits per heavy atom. The van der Waals surface area contributed by atoms with Crippen molar-refractivity contribution in [2.45, 2.75) is 6.42 Å². The Bertz CT molecular complexity index is 1690. The Kier molecular flexibility index (Phi) is 4.20. The van der Waals surface area contributed by atoms with Gasteiger partial charge in [0, 0.05) is 27.8 Å². The Labute approximate surface area is 188 Å². The quantitative estimate of drug-likeness (QED) is 0.349. The number of H-pyrrole nitrogens is 1. The Balaban J connectivity index is 1.56. The van der Waals surface area contributed by atoms with Crippen molar-refractivity contribution in [1.29, 1.82) is 5.26 Å². The molecule has 5 nitrogen and oxygen atoms in total. The summed E-state index contributed by atoms with van der Waals surface area (Å²) >= 11 is 6.44. The van der Waals surface area contributed by atoms with E-state index in [4.69, 9.17) is 16.9 Å². The molecule has 0 amide bonds. The lowest BCUT2D eigenvalue weighted by molar-refractivity contribution is 1.09. The van der Waals surface area contributed by atoms with E-state index in [1.54, 1.807) is 12.5 Å². The molecule has 6 heteroatoms. The SMILES string of the molecule is N#CCc1ccc(-n2cnc3cnc4ccc(-c5ccc6[nH]ccc6c5)cc4c32)cc1Cl. The minimum atomic E-state index is 0.283. The Morgan fingerprint density at radius 3 is 2.69 bits per heavy atom. The maximum Gasteiger partial charge on any atom is 0.108 e. The zero-order valence-corrected chi connectivity index (χ0v) is 17.6. The maximum atomic E-state index is 8.99. The van der Waals surface area contributed by atoms with Crippen molar-refractivity contribution < 1.29 is 0 Å². The molecule has 1 N–H and O–H groups in total. The van der Waals surface area contributed by atoms with Crippen LogP contribution in [-0.4, -0.2) is 19.5 Å². The lowest BCUT2D eigenvalue weighted by atomic mass is 10.0. The first-order chi connectivity index (χ1) is 15.7. The highest BCUT2D eigenvalue weighted by atomic mass is 35.5. The molecule has 3 aromatic heterocycles. The first-order valence-corrected chi connectivity index (χ1v) is 10.6.